The number of hydrogen-bond donors (Lipinski definition) is 0. The quantitative estimate of drug-likeness (QED) is 0.520. The summed E-state index contributed by atoms with van der Waals surface area (Å²) in [7, 11) is 0. The summed E-state index contributed by atoms with van der Waals surface area (Å²) in [5, 5.41) is 16.7. The summed E-state index contributed by atoms with van der Waals surface area (Å²) in [5.41, 5.74) is 5.18. The molecule has 0 aliphatic heterocycles. The minimum absolute atomic E-state index is 0. The molecule has 0 bridgehead atoms. The summed E-state index contributed by atoms with van der Waals surface area (Å²) in [6.45, 7) is 1.78. The highest BCUT2D eigenvalue weighted by atomic mass is 16.6. The van der Waals surface area contributed by atoms with E-state index in [1.165, 1.54) is 22.2 Å². The van der Waals surface area contributed by atoms with Crippen LogP contribution in [0.15, 0.2) is 91.3 Å². The summed E-state index contributed by atoms with van der Waals surface area (Å²) >= 11 is 0. The molecule has 4 aromatic rings. The fourth-order valence-electron chi connectivity index (χ4n) is 3.05. The molecular weight excluding hydrogens is 340 g/mol. The van der Waals surface area contributed by atoms with Gasteiger partial charge in [-0.15, -0.1) is 0 Å². The Morgan fingerprint density at radius 1 is 0.815 bits per heavy atom. The third-order valence-electron chi connectivity index (χ3n) is 4.17. The maximum absolute atomic E-state index is 8.33. The monoisotopic (exact) mass is 360 g/mol. The van der Waals surface area contributed by atoms with Crippen LogP contribution in [0, 0.1) is 0 Å². The molecule has 0 aliphatic carbocycles. The van der Waals surface area contributed by atoms with Crippen LogP contribution in [0.1, 0.15) is 12.6 Å². The van der Waals surface area contributed by atoms with Gasteiger partial charge in [-0.25, -0.2) is 9.13 Å². The van der Waals surface area contributed by atoms with E-state index >= 15 is 0 Å². The van der Waals surface area contributed by atoms with Gasteiger partial charge in [0.05, 0.1) is 0 Å². The summed E-state index contributed by atoms with van der Waals surface area (Å²) in [6.07, 6.45) is -0.106. The lowest BCUT2D eigenvalue weighted by molar-refractivity contribution is -0.663. The number of fused-ring (bicyclic) bond motifs is 1. The van der Waals surface area contributed by atoms with E-state index in [1.807, 2.05) is 0 Å². The maximum atomic E-state index is 8.33. The van der Waals surface area contributed by atoms with Gasteiger partial charge in [0.2, 0.25) is 6.33 Å². The molecular formula is C22H20N2O3. The molecule has 0 saturated carbocycles. The average Bonchev–Trinajstić information content (AvgIpc) is 3.01. The number of nitrogens with zero attached hydrogens (tertiary/aromatic N) is 2. The second kappa shape index (κ2) is 8.67. The van der Waals surface area contributed by atoms with Gasteiger partial charge in [-0.2, -0.15) is 0 Å². The van der Waals surface area contributed by atoms with Crippen molar-refractivity contribution in [1.29, 1.82) is 0 Å². The van der Waals surface area contributed by atoms with Crippen LogP contribution in [0.25, 0.3) is 11.0 Å². The van der Waals surface area contributed by atoms with Crippen LogP contribution < -0.4 is 14.8 Å². The van der Waals surface area contributed by atoms with E-state index in [0.29, 0.717) is 0 Å². The number of rotatable bonds is 4. The number of imidazole rings is 1. The van der Waals surface area contributed by atoms with Crippen molar-refractivity contribution in [3.63, 3.8) is 0 Å². The van der Waals surface area contributed by atoms with Gasteiger partial charge < -0.3 is 15.0 Å². The molecule has 1 heterocycles. The smallest absolute Gasteiger partial charge is 0.652 e. The molecule has 0 fully saturated rings. The lowest BCUT2D eigenvalue weighted by Gasteiger charge is -1.98. The first-order valence-corrected chi connectivity index (χ1v) is 8.56. The molecule has 0 spiro atoms. The first kappa shape index (κ1) is 18.2. The Morgan fingerprint density at radius 2 is 1.33 bits per heavy atom. The van der Waals surface area contributed by atoms with Crippen LogP contribution in [-0.2, 0) is 13.1 Å². The molecule has 0 saturated heterocycles. The Labute approximate surface area is 158 Å². The first-order valence-electron chi connectivity index (χ1n) is 8.56. The summed E-state index contributed by atoms with van der Waals surface area (Å²) in [4.78, 5) is 8.33. The van der Waals surface area contributed by atoms with E-state index in [1.54, 1.807) is 0 Å². The topological polar surface area (TPSA) is 72.0 Å². The van der Waals surface area contributed by atoms with Gasteiger partial charge in [-0.3, -0.25) is 0 Å². The van der Waals surface area contributed by atoms with E-state index in [9.17, 15) is 0 Å². The molecule has 5 nitrogen and oxygen atoms in total. The highest BCUT2D eigenvalue weighted by Gasteiger charge is 2.15. The third kappa shape index (κ3) is 4.95. The standard InChI is InChI=1S/C21H19N2.CH2O3/c1-3-9-18(10-4-1)15-22-17-23(16-19-11-5-2-6-12-19)21-14-8-7-13-20(21)22;2-1(3)4/h1-14,17H,15-16H2;(H2,2,3,4)/q+1;/p-1. The number of carboxylic acid groups (broad SMARTS) is 2. The minimum Gasteiger partial charge on any atom is -0.652 e. The maximum Gasteiger partial charge on any atom is 1.00 e. The lowest BCUT2D eigenvalue weighted by atomic mass is 10.2. The SMILES string of the molecule is O=C([O-])[O-].[H+].c1ccc(Cn2c[n+](Cc3ccccc3)c3ccccc32)cc1. The van der Waals surface area contributed by atoms with Crippen LogP contribution in [-0.4, -0.2) is 10.7 Å². The van der Waals surface area contributed by atoms with Gasteiger partial charge in [-0.05, 0) is 29.4 Å². The Kier molecular flexibility index (Phi) is 5.84. The van der Waals surface area contributed by atoms with E-state index < -0.39 is 6.16 Å². The van der Waals surface area contributed by atoms with E-state index in [-0.39, 0.29) is 1.43 Å². The molecule has 5 heteroatoms. The molecule has 3 aromatic carbocycles. The molecule has 0 unspecified atom stereocenters. The molecule has 0 amide bonds. The van der Waals surface area contributed by atoms with E-state index in [0.717, 1.165) is 13.1 Å². The third-order valence-corrected chi connectivity index (χ3v) is 4.17. The normalized spacial score (nSPS) is 10.2. The second-order valence-electron chi connectivity index (χ2n) is 6.08. The molecule has 0 aliphatic rings. The zero-order valence-electron chi connectivity index (χ0n) is 15.7. The number of carbonyl (C=O) groups is 1. The summed E-state index contributed by atoms with van der Waals surface area (Å²) < 4.78 is 4.65. The summed E-state index contributed by atoms with van der Waals surface area (Å²) in [5.74, 6) is 0. The van der Waals surface area contributed by atoms with Gasteiger partial charge in [0.15, 0.2) is 11.0 Å². The molecule has 27 heavy (non-hydrogen) atoms. The van der Waals surface area contributed by atoms with E-state index in [4.69, 9.17) is 15.0 Å². The molecule has 0 radical (unpaired) electrons. The van der Waals surface area contributed by atoms with Crippen LogP contribution >= 0.6 is 0 Å². The number of benzene rings is 3. The Balaban J connectivity index is 0.000000515. The highest BCUT2D eigenvalue weighted by molar-refractivity contribution is 5.71. The van der Waals surface area contributed by atoms with Crippen molar-refractivity contribution < 1.29 is 21.0 Å². The first-order chi connectivity index (χ1) is 13.1. The lowest BCUT2D eigenvalue weighted by Crippen LogP contribution is -2.37. The molecule has 0 N–H and O–H groups in total. The van der Waals surface area contributed by atoms with E-state index in [2.05, 4.69) is 100 Å². The van der Waals surface area contributed by atoms with Crippen molar-refractivity contribution >= 4 is 17.2 Å². The van der Waals surface area contributed by atoms with Crippen LogP contribution in [0.5, 0.6) is 0 Å². The summed E-state index contributed by atoms with van der Waals surface area (Å²) in [6, 6.07) is 29.8. The van der Waals surface area contributed by atoms with Gasteiger partial charge in [-0.1, -0.05) is 72.8 Å². The second-order valence-corrected chi connectivity index (χ2v) is 6.08. The molecule has 1 aromatic heterocycles. The van der Waals surface area contributed by atoms with Crippen molar-refractivity contribution in [3.8, 4) is 0 Å². The molecule has 0 atom stereocenters. The van der Waals surface area contributed by atoms with Crippen molar-refractivity contribution in [1.82, 2.24) is 4.57 Å². The van der Waals surface area contributed by atoms with Crippen LogP contribution in [0.2, 0.25) is 0 Å². The largest absolute Gasteiger partial charge is 1.00 e. The van der Waals surface area contributed by atoms with Crippen molar-refractivity contribution in [2.45, 2.75) is 13.1 Å². The van der Waals surface area contributed by atoms with Crippen molar-refractivity contribution in [2.24, 2.45) is 0 Å². The minimum atomic E-state index is -2.33. The van der Waals surface area contributed by atoms with Crippen molar-refractivity contribution in [2.75, 3.05) is 0 Å². The van der Waals surface area contributed by atoms with Crippen LogP contribution in [0.4, 0.5) is 4.79 Å². The fourth-order valence-corrected chi connectivity index (χ4v) is 3.05. The number of para-hydroxylation sites is 2. The zero-order valence-corrected chi connectivity index (χ0v) is 14.7. The number of aromatic nitrogens is 2. The Hall–Kier alpha value is -3.60. The fraction of sp³-hybridized carbons (Fsp3) is 0.0909. The van der Waals surface area contributed by atoms with Crippen molar-refractivity contribution in [3.05, 3.63) is 102 Å². The Bertz CT molecular complexity index is 938. The van der Waals surface area contributed by atoms with Gasteiger partial charge in [0, 0.05) is 0 Å². The average molecular weight is 360 g/mol. The zero-order chi connectivity index (χ0) is 19.1. The van der Waals surface area contributed by atoms with Gasteiger partial charge >= 0.3 is 1.43 Å². The highest BCUT2D eigenvalue weighted by Crippen LogP contribution is 2.14. The predicted molar refractivity (Wildman–Crippen MR) is 99.7 cm³/mol. The molecule has 136 valence electrons. The number of carbonyl (C=O) groups excluding carboxylic acids is 1. The van der Waals surface area contributed by atoms with Gasteiger partial charge in [0.25, 0.3) is 0 Å². The Morgan fingerprint density at radius 3 is 1.96 bits per heavy atom. The van der Waals surface area contributed by atoms with Crippen LogP contribution in [0.3, 0.4) is 0 Å². The van der Waals surface area contributed by atoms with Gasteiger partial charge in [0.1, 0.15) is 13.1 Å². The predicted octanol–water partition coefficient (Wildman–Crippen LogP) is 1.69. The number of hydrogen-bond acceptors (Lipinski definition) is 3. The molecule has 4 rings (SSSR count).